The fourth-order valence-corrected chi connectivity index (χ4v) is 6.81. The van der Waals surface area contributed by atoms with Gasteiger partial charge in [-0.1, -0.05) is 81.3 Å². The second kappa shape index (κ2) is 9.27. The molecule has 168 valence electrons. The van der Waals surface area contributed by atoms with E-state index in [-0.39, 0.29) is 5.92 Å². The quantitative estimate of drug-likeness (QED) is 0.523. The van der Waals surface area contributed by atoms with Gasteiger partial charge in [-0.3, -0.25) is 0 Å². The number of phenols is 2. The number of hydrogen-bond donors (Lipinski definition) is 2. The predicted octanol–water partition coefficient (Wildman–Crippen LogP) is 7.58. The van der Waals surface area contributed by atoms with Crippen LogP contribution in [-0.4, -0.2) is 10.2 Å². The first-order valence-electron chi connectivity index (χ1n) is 12.6. The number of aryl methyl sites for hydroxylation is 4. The molecule has 3 unspecified atom stereocenters. The van der Waals surface area contributed by atoms with E-state index >= 15 is 0 Å². The molecule has 3 atom stereocenters. The van der Waals surface area contributed by atoms with Crippen molar-refractivity contribution >= 4 is 0 Å². The molecule has 2 heteroatoms. The fraction of sp³-hybridized carbons (Fsp3) is 0.586. The van der Waals surface area contributed by atoms with Gasteiger partial charge in [0, 0.05) is 17.0 Å². The molecule has 4 rings (SSSR count). The Morgan fingerprint density at radius 1 is 0.742 bits per heavy atom. The van der Waals surface area contributed by atoms with E-state index in [0.29, 0.717) is 23.3 Å². The lowest BCUT2D eigenvalue weighted by atomic mass is 9.59. The van der Waals surface area contributed by atoms with E-state index in [1.165, 1.54) is 56.1 Å². The zero-order chi connectivity index (χ0) is 22.1. The Morgan fingerprint density at radius 2 is 1.26 bits per heavy atom. The third-order valence-electron chi connectivity index (χ3n) is 8.22. The van der Waals surface area contributed by atoms with E-state index in [4.69, 9.17) is 0 Å². The Kier molecular flexibility index (Phi) is 6.65. The topological polar surface area (TPSA) is 40.5 Å². The number of rotatable bonds is 5. The Balaban J connectivity index is 1.93. The summed E-state index contributed by atoms with van der Waals surface area (Å²) < 4.78 is 0. The standard InChI is InChI=1S/C29H40O2/c1-5-20-14-18(3)16-25(28(20)30)27(26-17-19(4)15-21(6-2)29(26)31)24-13-9-11-22-10-7-8-12-23(22)24/h14-17,22-24,27,30-31H,5-13H2,1-4H3. The van der Waals surface area contributed by atoms with E-state index in [9.17, 15) is 10.2 Å². The van der Waals surface area contributed by atoms with Crippen molar-refractivity contribution in [3.63, 3.8) is 0 Å². The van der Waals surface area contributed by atoms with Gasteiger partial charge in [0.2, 0.25) is 0 Å². The molecule has 2 aliphatic carbocycles. The summed E-state index contributed by atoms with van der Waals surface area (Å²) in [6.45, 7) is 8.50. The molecule has 0 saturated heterocycles. The summed E-state index contributed by atoms with van der Waals surface area (Å²) in [5.74, 6) is 2.95. The third-order valence-corrected chi connectivity index (χ3v) is 8.22. The number of benzene rings is 2. The molecule has 0 bridgehead atoms. The molecule has 0 amide bonds. The van der Waals surface area contributed by atoms with Crippen LogP contribution >= 0.6 is 0 Å². The summed E-state index contributed by atoms with van der Waals surface area (Å²) in [6, 6.07) is 8.62. The van der Waals surface area contributed by atoms with Crippen LogP contribution in [0.15, 0.2) is 24.3 Å². The van der Waals surface area contributed by atoms with Crippen LogP contribution in [0.3, 0.4) is 0 Å². The van der Waals surface area contributed by atoms with Crippen LogP contribution in [-0.2, 0) is 12.8 Å². The highest BCUT2D eigenvalue weighted by atomic mass is 16.3. The van der Waals surface area contributed by atoms with Gasteiger partial charge in [-0.05, 0) is 68.4 Å². The highest BCUT2D eigenvalue weighted by Crippen LogP contribution is 2.54. The van der Waals surface area contributed by atoms with Gasteiger partial charge < -0.3 is 10.2 Å². The van der Waals surface area contributed by atoms with Crippen molar-refractivity contribution in [2.45, 2.75) is 91.4 Å². The van der Waals surface area contributed by atoms with Crippen LogP contribution in [0.2, 0.25) is 0 Å². The third kappa shape index (κ3) is 4.23. The minimum Gasteiger partial charge on any atom is -0.507 e. The SMILES string of the molecule is CCc1cc(C)cc(C(c2cc(C)cc(CC)c2O)C2CCCC3CCCCC32)c1O. The molecule has 0 aliphatic heterocycles. The molecule has 0 aromatic heterocycles. The maximum Gasteiger partial charge on any atom is 0.122 e. The first kappa shape index (κ1) is 22.2. The maximum atomic E-state index is 11.4. The molecule has 0 radical (unpaired) electrons. The van der Waals surface area contributed by atoms with Crippen molar-refractivity contribution in [1.29, 1.82) is 0 Å². The maximum absolute atomic E-state index is 11.4. The summed E-state index contributed by atoms with van der Waals surface area (Å²) in [4.78, 5) is 0. The summed E-state index contributed by atoms with van der Waals surface area (Å²) >= 11 is 0. The van der Waals surface area contributed by atoms with E-state index < -0.39 is 0 Å². The molecular formula is C29H40O2. The second-order valence-corrected chi connectivity index (χ2v) is 10.2. The molecule has 0 heterocycles. The number of aromatic hydroxyl groups is 2. The van der Waals surface area contributed by atoms with Gasteiger partial charge in [-0.2, -0.15) is 0 Å². The van der Waals surface area contributed by atoms with Crippen LogP contribution in [0.1, 0.15) is 98.1 Å². The van der Waals surface area contributed by atoms with Gasteiger partial charge in [0.1, 0.15) is 11.5 Å². The smallest absolute Gasteiger partial charge is 0.122 e. The van der Waals surface area contributed by atoms with E-state index in [0.717, 1.165) is 41.0 Å². The molecule has 2 nitrogen and oxygen atoms in total. The zero-order valence-corrected chi connectivity index (χ0v) is 19.9. The lowest BCUT2D eigenvalue weighted by molar-refractivity contribution is 0.0922. The molecule has 2 aliphatic rings. The highest BCUT2D eigenvalue weighted by molar-refractivity contribution is 5.54. The van der Waals surface area contributed by atoms with Crippen LogP contribution in [0.25, 0.3) is 0 Å². The summed E-state index contributed by atoms with van der Waals surface area (Å²) in [7, 11) is 0. The van der Waals surface area contributed by atoms with Crippen LogP contribution < -0.4 is 0 Å². The fourth-order valence-electron chi connectivity index (χ4n) is 6.81. The number of hydrogen-bond acceptors (Lipinski definition) is 2. The first-order chi connectivity index (χ1) is 14.9. The van der Waals surface area contributed by atoms with Crippen LogP contribution in [0, 0.1) is 31.6 Å². The van der Waals surface area contributed by atoms with E-state index in [1.54, 1.807) is 0 Å². The molecule has 31 heavy (non-hydrogen) atoms. The van der Waals surface area contributed by atoms with Gasteiger partial charge >= 0.3 is 0 Å². The minimum atomic E-state index is 0.0568. The molecule has 2 fully saturated rings. The van der Waals surface area contributed by atoms with Crippen LogP contribution in [0.4, 0.5) is 0 Å². The average molecular weight is 421 g/mol. The molecule has 2 N–H and O–H groups in total. The van der Waals surface area contributed by atoms with Gasteiger partial charge in [-0.25, -0.2) is 0 Å². The zero-order valence-electron chi connectivity index (χ0n) is 19.9. The number of fused-ring (bicyclic) bond motifs is 1. The summed E-state index contributed by atoms with van der Waals surface area (Å²) in [5.41, 5.74) is 6.53. The van der Waals surface area contributed by atoms with E-state index in [2.05, 4.69) is 52.0 Å². The Bertz CT molecular complexity index is 867. The van der Waals surface area contributed by atoms with Crippen molar-refractivity contribution < 1.29 is 10.2 Å². The van der Waals surface area contributed by atoms with Crippen molar-refractivity contribution in [3.8, 4) is 11.5 Å². The summed E-state index contributed by atoms with van der Waals surface area (Å²) in [6.07, 6.45) is 10.8. The Labute approximate surface area is 188 Å². The number of phenolic OH excluding ortho intramolecular Hbond substituents is 2. The first-order valence-corrected chi connectivity index (χ1v) is 12.6. The molecule has 2 saturated carbocycles. The molecule has 2 aromatic rings. The predicted molar refractivity (Wildman–Crippen MR) is 129 cm³/mol. The van der Waals surface area contributed by atoms with Gasteiger partial charge in [0.05, 0.1) is 0 Å². The van der Waals surface area contributed by atoms with Gasteiger partial charge in [-0.15, -0.1) is 0 Å². The van der Waals surface area contributed by atoms with Crippen molar-refractivity contribution in [2.24, 2.45) is 17.8 Å². The second-order valence-electron chi connectivity index (χ2n) is 10.2. The molecular weight excluding hydrogens is 380 g/mol. The monoisotopic (exact) mass is 420 g/mol. The van der Waals surface area contributed by atoms with Crippen LogP contribution in [0.5, 0.6) is 11.5 Å². The van der Waals surface area contributed by atoms with Crippen molar-refractivity contribution in [1.82, 2.24) is 0 Å². The van der Waals surface area contributed by atoms with E-state index in [1.807, 2.05) is 0 Å². The lowest BCUT2D eigenvalue weighted by Crippen LogP contribution is -2.35. The Hall–Kier alpha value is -1.96. The molecule has 2 aromatic carbocycles. The average Bonchev–Trinajstić information content (AvgIpc) is 2.78. The lowest BCUT2D eigenvalue weighted by Gasteiger charge is -2.45. The Morgan fingerprint density at radius 3 is 1.81 bits per heavy atom. The highest BCUT2D eigenvalue weighted by Gasteiger charge is 2.41. The normalized spacial score (nSPS) is 23.7. The summed E-state index contributed by atoms with van der Waals surface area (Å²) in [5, 5.41) is 22.8. The van der Waals surface area contributed by atoms with Crippen molar-refractivity contribution in [2.75, 3.05) is 0 Å². The van der Waals surface area contributed by atoms with Gasteiger partial charge in [0.25, 0.3) is 0 Å². The molecule has 0 spiro atoms. The largest absolute Gasteiger partial charge is 0.507 e. The van der Waals surface area contributed by atoms with Gasteiger partial charge in [0.15, 0.2) is 0 Å². The minimum absolute atomic E-state index is 0.0568. The van der Waals surface area contributed by atoms with Crippen molar-refractivity contribution in [3.05, 3.63) is 57.6 Å².